The van der Waals surface area contributed by atoms with Gasteiger partial charge in [0.2, 0.25) is 0 Å². The van der Waals surface area contributed by atoms with E-state index in [1.807, 2.05) is 56.4 Å². The molecule has 0 amide bonds. The van der Waals surface area contributed by atoms with Crippen molar-refractivity contribution >= 4 is 0 Å². The van der Waals surface area contributed by atoms with Gasteiger partial charge >= 0.3 is 105 Å². The monoisotopic (exact) mass is 518 g/mol. The van der Waals surface area contributed by atoms with Crippen LogP contribution in [-0.4, -0.2) is 77.7 Å². The minimum absolute atomic E-state index is 1.21. The average molecular weight is 521 g/mol. The molecule has 25 heavy (non-hydrogen) atoms. The van der Waals surface area contributed by atoms with Crippen molar-refractivity contribution in [2.45, 2.75) is 6.42 Å². The fourth-order valence-electron chi connectivity index (χ4n) is 0.697. The molecule has 7 nitrogen and oxygen atoms in total. The van der Waals surface area contributed by atoms with Gasteiger partial charge in [-0.05, 0) is 56.4 Å². The summed E-state index contributed by atoms with van der Waals surface area (Å²) in [6.45, 7) is 0. The van der Waals surface area contributed by atoms with E-state index < -0.39 is 23.1 Å². The SMILES string of the molecule is CNC.CNC.CNC.CNC.C[O][Zr]([O]C)[O]C.[Zr][C]1=CC=CC1. The Morgan fingerprint density at radius 1 is 0.760 bits per heavy atom. The second-order valence-corrected chi connectivity index (χ2v) is 10.0. The molecule has 0 heterocycles. The number of rotatable bonds is 3. The third-order valence-corrected chi connectivity index (χ3v) is 4.64. The van der Waals surface area contributed by atoms with E-state index >= 15 is 0 Å². The molecular weight excluding hydrogens is 479 g/mol. The fourth-order valence-corrected chi connectivity index (χ4v) is 2.45. The molecule has 4 N–H and O–H groups in total. The summed E-state index contributed by atoms with van der Waals surface area (Å²) in [6.07, 6.45) is 7.69. The molecule has 0 bridgehead atoms. The van der Waals surface area contributed by atoms with E-state index in [0.717, 1.165) is 0 Å². The van der Waals surface area contributed by atoms with Gasteiger partial charge in [0.05, 0.1) is 0 Å². The van der Waals surface area contributed by atoms with Crippen LogP contribution in [0, 0.1) is 0 Å². The van der Waals surface area contributed by atoms with E-state index in [2.05, 4.69) is 39.5 Å². The second-order valence-electron chi connectivity index (χ2n) is 4.19. The molecule has 0 aliphatic heterocycles. The average Bonchev–Trinajstić information content (AvgIpc) is 3.04. The van der Waals surface area contributed by atoms with Crippen LogP contribution < -0.4 is 21.3 Å². The van der Waals surface area contributed by atoms with Crippen LogP contribution in [0.15, 0.2) is 21.5 Å². The Hall–Kier alpha value is 0.966. The van der Waals surface area contributed by atoms with Gasteiger partial charge in [-0.3, -0.25) is 0 Å². The van der Waals surface area contributed by atoms with Crippen molar-refractivity contribution in [3.8, 4) is 0 Å². The summed E-state index contributed by atoms with van der Waals surface area (Å²) in [7, 11) is 19.8. The quantitative estimate of drug-likeness (QED) is 0.442. The first-order valence-electron chi connectivity index (χ1n) is 7.80. The Kier molecular flexibility index (Phi) is 65.4. The van der Waals surface area contributed by atoms with Crippen molar-refractivity contribution < 1.29 is 56.2 Å². The molecule has 0 aromatic heterocycles. The number of nitrogens with one attached hydrogen (secondary N) is 4. The normalized spacial score (nSPS) is 9.76. The maximum absolute atomic E-state index is 4.80. The van der Waals surface area contributed by atoms with Crippen molar-refractivity contribution in [1.29, 1.82) is 0 Å². The molecule has 0 fully saturated rings. The number of hydrogen-bond donors (Lipinski definition) is 4. The summed E-state index contributed by atoms with van der Waals surface area (Å²) in [5.74, 6) is 0. The number of hydrogen-bond acceptors (Lipinski definition) is 7. The zero-order chi connectivity index (χ0) is 20.9. The molecule has 152 valence electrons. The topological polar surface area (TPSA) is 75.8 Å². The predicted octanol–water partition coefficient (Wildman–Crippen LogP) is 1.01. The van der Waals surface area contributed by atoms with Gasteiger partial charge in [0.1, 0.15) is 0 Å². The van der Waals surface area contributed by atoms with E-state index in [1.54, 1.807) is 49.3 Å². The first-order chi connectivity index (χ1) is 11.9. The van der Waals surface area contributed by atoms with Crippen LogP contribution in [0.3, 0.4) is 0 Å². The zero-order valence-electron chi connectivity index (χ0n) is 18.2. The van der Waals surface area contributed by atoms with E-state index in [4.69, 9.17) is 8.44 Å². The molecule has 0 saturated carbocycles. The fraction of sp³-hybridized carbons (Fsp3) is 0.750. The second kappa shape index (κ2) is 44.4. The molecule has 0 aromatic carbocycles. The molecule has 1 rings (SSSR count). The van der Waals surface area contributed by atoms with Gasteiger partial charge in [-0.15, -0.1) is 0 Å². The van der Waals surface area contributed by atoms with Gasteiger partial charge in [-0.25, -0.2) is 0 Å². The molecule has 1 aliphatic carbocycles. The van der Waals surface area contributed by atoms with Crippen LogP contribution in [0.25, 0.3) is 0 Å². The molecule has 0 saturated heterocycles. The standard InChI is InChI=1S/C5H5.4C2H7N.3CH3O.2Zr/c1-2-4-5-3-1;4*1-3-2;3*1-2;;/h1-3H,4H2;4*3H,1-2H3;3*1H3;;/q;;;;;3*-1;;+3. The van der Waals surface area contributed by atoms with Crippen LogP contribution in [0.5, 0.6) is 0 Å². The summed E-state index contributed by atoms with van der Waals surface area (Å²) < 4.78 is 16.0. The van der Waals surface area contributed by atoms with E-state index in [0.29, 0.717) is 0 Å². The zero-order valence-corrected chi connectivity index (χ0v) is 23.1. The van der Waals surface area contributed by atoms with Gasteiger partial charge in [0, 0.05) is 0 Å². The molecule has 0 atom stereocenters. The van der Waals surface area contributed by atoms with Gasteiger partial charge in [0.25, 0.3) is 0 Å². The maximum atomic E-state index is 4.80. The van der Waals surface area contributed by atoms with Crippen LogP contribution in [0.4, 0.5) is 0 Å². The molecule has 0 spiro atoms. The third kappa shape index (κ3) is 67.5. The first kappa shape index (κ1) is 36.8. The van der Waals surface area contributed by atoms with Gasteiger partial charge < -0.3 is 21.3 Å². The van der Waals surface area contributed by atoms with Crippen molar-refractivity contribution in [3.05, 3.63) is 21.5 Å². The van der Waals surface area contributed by atoms with Crippen molar-refractivity contribution in [1.82, 2.24) is 21.3 Å². The molecule has 0 unspecified atom stereocenters. The molecule has 9 heteroatoms. The molecular formula is C16H42N4O3Zr2. The number of allylic oxidation sites excluding steroid dienone is 4. The van der Waals surface area contributed by atoms with Crippen molar-refractivity contribution in [3.63, 3.8) is 0 Å². The van der Waals surface area contributed by atoms with E-state index in [9.17, 15) is 0 Å². The minimum atomic E-state index is -2.15. The van der Waals surface area contributed by atoms with Gasteiger partial charge in [0.15, 0.2) is 0 Å². The summed E-state index contributed by atoms with van der Waals surface area (Å²) >= 11 is -0.589. The predicted molar refractivity (Wildman–Crippen MR) is 103 cm³/mol. The summed E-state index contributed by atoms with van der Waals surface area (Å²) in [5, 5.41) is 11.0. The molecule has 0 radical (unpaired) electrons. The Bertz CT molecular complexity index is 230. The molecule has 0 aromatic rings. The third-order valence-electron chi connectivity index (χ3n) is 1.27. The van der Waals surface area contributed by atoms with Gasteiger partial charge in [-0.1, -0.05) is 0 Å². The Morgan fingerprint density at radius 3 is 1.08 bits per heavy atom. The van der Waals surface area contributed by atoms with E-state index in [-0.39, 0.29) is 0 Å². The molecule has 1 aliphatic rings. The Labute approximate surface area is 182 Å². The van der Waals surface area contributed by atoms with E-state index in [1.165, 1.54) is 6.42 Å². The first-order valence-corrected chi connectivity index (χ1v) is 12.0. The van der Waals surface area contributed by atoms with Crippen molar-refractivity contribution in [2.75, 3.05) is 77.7 Å². The summed E-state index contributed by atoms with van der Waals surface area (Å²) in [5.41, 5.74) is 0. The van der Waals surface area contributed by atoms with Crippen LogP contribution in [0.2, 0.25) is 0 Å². The van der Waals surface area contributed by atoms with Crippen LogP contribution >= 0.6 is 0 Å². The summed E-state index contributed by atoms with van der Waals surface area (Å²) in [4.78, 5) is 0. The van der Waals surface area contributed by atoms with Gasteiger partial charge in [-0.2, -0.15) is 0 Å². The van der Waals surface area contributed by atoms with Crippen LogP contribution in [0.1, 0.15) is 6.42 Å². The Balaban J connectivity index is -0.0000000675. The summed E-state index contributed by atoms with van der Waals surface area (Å²) in [6, 6.07) is 0. The Morgan fingerprint density at radius 2 is 1.04 bits per heavy atom. The van der Waals surface area contributed by atoms with Crippen LogP contribution in [-0.2, 0) is 56.2 Å². The van der Waals surface area contributed by atoms with Crippen molar-refractivity contribution in [2.24, 2.45) is 0 Å².